The summed E-state index contributed by atoms with van der Waals surface area (Å²) in [6.07, 6.45) is 11.1. The Hall–Kier alpha value is -0.770. The molecule has 0 spiro atoms. The summed E-state index contributed by atoms with van der Waals surface area (Å²) in [4.78, 5) is 12.1. The number of unbranched alkanes of at least 4 members (excludes halogenated alkanes) is 2. The molecular weight excluding hydrogens is 250 g/mol. The van der Waals surface area contributed by atoms with Crippen molar-refractivity contribution >= 4 is 6.03 Å². The van der Waals surface area contributed by atoms with Gasteiger partial charge in [-0.05, 0) is 75.7 Å². The number of carbonyl (C=O) groups excluding carboxylic acids is 1. The zero-order valence-electron chi connectivity index (χ0n) is 12.5. The molecule has 0 heterocycles. The maximum Gasteiger partial charge on any atom is 0.315 e. The van der Waals surface area contributed by atoms with E-state index in [0.29, 0.717) is 0 Å². The maximum atomic E-state index is 12.1. The lowest BCUT2D eigenvalue weighted by molar-refractivity contribution is -0.0135. The van der Waals surface area contributed by atoms with Gasteiger partial charge < -0.3 is 16.4 Å². The van der Waals surface area contributed by atoms with Crippen LogP contribution in [-0.2, 0) is 0 Å². The highest BCUT2D eigenvalue weighted by Gasteiger charge is 2.51. The lowest BCUT2D eigenvalue weighted by atomic mass is 9.53. The third-order valence-electron chi connectivity index (χ3n) is 5.58. The second-order valence-corrected chi connectivity index (χ2v) is 7.43. The molecule has 0 atom stereocenters. The van der Waals surface area contributed by atoms with Gasteiger partial charge in [-0.15, -0.1) is 0 Å². The molecule has 4 fully saturated rings. The molecule has 4 N–H and O–H groups in total. The van der Waals surface area contributed by atoms with Gasteiger partial charge in [0.15, 0.2) is 0 Å². The number of hydrogen-bond donors (Lipinski definition) is 3. The van der Waals surface area contributed by atoms with Crippen molar-refractivity contribution in [2.45, 2.75) is 63.3 Å². The predicted octanol–water partition coefficient (Wildman–Crippen LogP) is 2.38. The van der Waals surface area contributed by atoms with E-state index >= 15 is 0 Å². The molecule has 4 bridgehead atoms. The molecule has 114 valence electrons. The van der Waals surface area contributed by atoms with Crippen LogP contribution in [0.1, 0.15) is 57.8 Å². The Morgan fingerprint density at radius 2 is 1.60 bits per heavy atom. The number of nitrogens with one attached hydrogen (secondary N) is 2. The van der Waals surface area contributed by atoms with Crippen LogP contribution in [0.2, 0.25) is 0 Å². The van der Waals surface area contributed by atoms with E-state index in [1.165, 1.54) is 38.5 Å². The summed E-state index contributed by atoms with van der Waals surface area (Å²) >= 11 is 0. The molecule has 4 aliphatic carbocycles. The van der Waals surface area contributed by atoms with Crippen molar-refractivity contribution in [3.63, 3.8) is 0 Å². The average Bonchev–Trinajstić information content (AvgIpc) is 2.36. The molecular formula is C16H29N3O. The van der Waals surface area contributed by atoms with Gasteiger partial charge in [0, 0.05) is 12.1 Å². The van der Waals surface area contributed by atoms with Crippen molar-refractivity contribution in [3.05, 3.63) is 0 Å². The van der Waals surface area contributed by atoms with Gasteiger partial charge in [0.05, 0.1) is 0 Å². The van der Waals surface area contributed by atoms with Gasteiger partial charge in [0.1, 0.15) is 0 Å². The molecule has 4 rings (SSSR count). The number of nitrogens with two attached hydrogens (primary N) is 1. The minimum atomic E-state index is 0.0553. The third kappa shape index (κ3) is 3.11. The summed E-state index contributed by atoms with van der Waals surface area (Å²) in [5, 5.41) is 6.37. The molecule has 0 aromatic carbocycles. The molecule has 2 amide bonds. The smallest absolute Gasteiger partial charge is 0.315 e. The summed E-state index contributed by atoms with van der Waals surface area (Å²) in [6, 6.07) is 0.0553. The van der Waals surface area contributed by atoms with Crippen molar-refractivity contribution < 1.29 is 4.79 Å². The molecule has 20 heavy (non-hydrogen) atoms. The summed E-state index contributed by atoms with van der Waals surface area (Å²) in [6.45, 7) is 1.53. The van der Waals surface area contributed by atoms with Crippen LogP contribution in [-0.4, -0.2) is 24.7 Å². The molecule has 0 aromatic heterocycles. The van der Waals surface area contributed by atoms with Gasteiger partial charge in [-0.1, -0.05) is 6.42 Å². The first kappa shape index (κ1) is 14.2. The van der Waals surface area contributed by atoms with Gasteiger partial charge in [-0.2, -0.15) is 0 Å². The highest BCUT2D eigenvalue weighted by atomic mass is 16.2. The number of amides is 2. The van der Waals surface area contributed by atoms with Gasteiger partial charge in [0.2, 0.25) is 0 Å². The lowest BCUT2D eigenvalue weighted by Crippen LogP contribution is -2.61. The first-order valence-corrected chi connectivity index (χ1v) is 8.45. The summed E-state index contributed by atoms with van der Waals surface area (Å²) < 4.78 is 0. The number of rotatable bonds is 6. The summed E-state index contributed by atoms with van der Waals surface area (Å²) in [5.41, 5.74) is 5.60. The van der Waals surface area contributed by atoms with E-state index in [-0.39, 0.29) is 11.6 Å². The molecule has 4 nitrogen and oxygen atoms in total. The van der Waals surface area contributed by atoms with Gasteiger partial charge in [-0.25, -0.2) is 4.79 Å². The Labute approximate surface area is 122 Å². The van der Waals surface area contributed by atoms with Crippen LogP contribution in [0.3, 0.4) is 0 Å². The fourth-order valence-electron chi connectivity index (χ4n) is 5.20. The molecule has 0 saturated heterocycles. The second kappa shape index (κ2) is 5.92. The topological polar surface area (TPSA) is 67.1 Å². The molecule has 0 radical (unpaired) electrons. The summed E-state index contributed by atoms with van der Waals surface area (Å²) in [7, 11) is 0. The highest BCUT2D eigenvalue weighted by Crippen LogP contribution is 2.55. The van der Waals surface area contributed by atoms with E-state index in [1.54, 1.807) is 0 Å². The van der Waals surface area contributed by atoms with E-state index in [2.05, 4.69) is 10.6 Å². The standard InChI is InChI=1S/C16H29N3O/c17-4-2-1-3-5-18-15(20)19-16-9-12-6-13(10-16)8-14(7-12)11-16/h12-14H,1-11,17H2,(H2,18,19,20). The van der Waals surface area contributed by atoms with Crippen LogP contribution in [0, 0.1) is 17.8 Å². The van der Waals surface area contributed by atoms with E-state index in [4.69, 9.17) is 5.73 Å². The highest BCUT2D eigenvalue weighted by molar-refractivity contribution is 5.74. The predicted molar refractivity (Wildman–Crippen MR) is 80.3 cm³/mol. The van der Waals surface area contributed by atoms with Crippen LogP contribution in [0.15, 0.2) is 0 Å². The fraction of sp³-hybridized carbons (Fsp3) is 0.938. The molecule has 4 aliphatic rings. The van der Waals surface area contributed by atoms with Crippen LogP contribution in [0.5, 0.6) is 0 Å². The van der Waals surface area contributed by atoms with Crippen molar-refractivity contribution in [1.82, 2.24) is 10.6 Å². The first-order valence-electron chi connectivity index (χ1n) is 8.45. The second-order valence-electron chi connectivity index (χ2n) is 7.43. The first-order chi connectivity index (χ1) is 9.69. The van der Waals surface area contributed by atoms with Crippen LogP contribution >= 0.6 is 0 Å². The zero-order valence-corrected chi connectivity index (χ0v) is 12.5. The van der Waals surface area contributed by atoms with Crippen molar-refractivity contribution in [3.8, 4) is 0 Å². The Bertz CT molecular complexity index is 320. The van der Waals surface area contributed by atoms with Gasteiger partial charge in [0.25, 0.3) is 0 Å². The number of carbonyl (C=O) groups is 1. The normalized spacial score (nSPS) is 38.0. The van der Waals surface area contributed by atoms with Crippen LogP contribution < -0.4 is 16.4 Å². The Morgan fingerprint density at radius 3 is 2.15 bits per heavy atom. The average molecular weight is 279 g/mol. The Morgan fingerprint density at radius 1 is 1.00 bits per heavy atom. The quantitative estimate of drug-likeness (QED) is 0.654. The summed E-state index contributed by atoms with van der Waals surface area (Å²) in [5.74, 6) is 2.64. The minimum Gasteiger partial charge on any atom is -0.338 e. The van der Waals surface area contributed by atoms with E-state index in [9.17, 15) is 4.79 Å². The molecule has 4 heteroatoms. The lowest BCUT2D eigenvalue weighted by Gasteiger charge is -2.56. The monoisotopic (exact) mass is 279 g/mol. The minimum absolute atomic E-state index is 0.0553. The number of urea groups is 1. The Kier molecular flexibility index (Phi) is 4.20. The van der Waals surface area contributed by atoms with Gasteiger partial charge >= 0.3 is 6.03 Å². The van der Waals surface area contributed by atoms with Gasteiger partial charge in [-0.3, -0.25) is 0 Å². The van der Waals surface area contributed by atoms with Crippen LogP contribution in [0.25, 0.3) is 0 Å². The number of hydrogen-bond acceptors (Lipinski definition) is 2. The van der Waals surface area contributed by atoms with E-state index in [0.717, 1.165) is 50.1 Å². The molecule has 0 unspecified atom stereocenters. The van der Waals surface area contributed by atoms with Crippen LogP contribution in [0.4, 0.5) is 4.79 Å². The molecule has 0 aliphatic heterocycles. The largest absolute Gasteiger partial charge is 0.338 e. The fourth-order valence-corrected chi connectivity index (χ4v) is 5.20. The Balaban J connectivity index is 1.44. The molecule has 0 aromatic rings. The van der Waals surface area contributed by atoms with Crippen molar-refractivity contribution in [1.29, 1.82) is 0 Å². The molecule has 4 saturated carbocycles. The van der Waals surface area contributed by atoms with E-state index in [1.807, 2.05) is 0 Å². The maximum absolute atomic E-state index is 12.1. The SMILES string of the molecule is NCCCCCNC(=O)NC12CC3CC(CC(C3)C1)C2. The van der Waals surface area contributed by atoms with E-state index < -0.39 is 0 Å². The van der Waals surface area contributed by atoms with Crippen molar-refractivity contribution in [2.75, 3.05) is 13.1 Å². The third-order valence-corrected chi connectivity index (χ3v) is 5.58. The van der Waals surface area contributed by atoms with Crippen molar-refractivity contribution in [2.24, 2.45) is 23.5 Å². The zero-order chi connectivity index (χ0) is 14.0.